The van der Waals surface area contributed by atoms with Crippen LogP contribution in [0.2, 0.25) is 0 Å². The number of fused-ring (bicyclic) bond motifs is 1. The summed E-state index contributed by atoms with van der Waals surface area (Å²) in [7, 11) is 0. The molecule has 1 aliphatic heterocycles. The van der Waals surface area contributed by atoms with Crippen molar-refractivity contribution in [2.24, 2.45) is 0 Å². The van der Waals surface area contributed by atoms with Crippen molar-refractivity contribution in [2.75, 3.05) is 11.4 Å². The minimum absolute atomic E-state index is 0.0576. The van der Waals surface area contributed by atoms with Crippen molar-refractivity contribution in [2.45, 2.75) is 42.2 Å². The highest BCUT2D eigenvalue weighted by Crippen LogP contribution is 2.41. The number of thioether (sulfide) groups is 1. The van der Waals surface area contributed by atoms with Gasteiger partial charge in [0.1, 0.15) is 5.76 Å². The zero-order valence-electron chi connectivity index (χ0n) is 12.5. The molecule has 22 heavy (non-hydrogen) atoms. The van der Waals surface area contributed by atoms with Crippen molar-refractivity contribution >= 4 is 23.4 Å². The molecule has 2 heterocycles. The molecule has 5 heteroatoms. The lowest BCUT2D eigenvalue weighted by atomic mass is 10.2. The number of para-hydroxylation sites is 1. The van der Waals surface area contributed by atoms with Crippen LogP contribution in [0.1, 0.15) is 48.4 Å². The van der Waals surface area contributed by atoms with Crippen LogP contribution < -0.4 is 4.90 Å². The van der Waals surface area contributed by atoms with Gasteiger partial charge >= 0.3 is 0 Å². The lowest BCUT2D eigenvalue weighted by Crippen LogP contribution is -2.32. The van der Waals surface area contributed by atoms with E-state index in [0.717, 1.165) is 42.2 Å². The third-order valence-corrected chi connectivity index (χ3v) is 5.45. The molecular weight excluding hydrogens is 296 g/mol. The standard InChI is InChI=1S/C17H18N2O2S/c1-11-8-9-19(14-4-2-3-5-16(14)22-11)17(20)13-10-15(21-18-13)12-6-7-12/h2-5,10-12H,6-9H2,1H3. The number of hydrogen-bond donors (Lipinski definition) is 0. The quantitative estimate of drug-likeness (QED) is 0.838. The summed E-state index contributed by atoms with van der Waals surface area (Å²) in [6.07, 6.45) is 3.26. The van der Waals surface area contributed by atoms with Gasteiger partial charge in [-0.25, -0.2) is 0 Å². The molecule has 1 aromatic carbocycles. The molecule has 0 radical (unpaired) electrons. The normalized spacial score (nSPS) is 21.3. The number of aromatic nitrogens is 1. The van der Waals surface area contributed by atoms with Crippen LogP contribution in [0.4, 0.5) is 5.69 Å². The molecule has 0 saturated heterocycles. The number of amides is 1. The second-order valence-corrected chi connectivity index (χ2v) is 7.51. The molecule has 1 atom stereocenters. The monoisotopic (exact) mass is 314 g/mol. The van der Waals surface area contributed by atoms with E-state index < -0.39 is 0 Å². The third-order valence-electron chi connectivity index (χ3n) is 4.22. The molecule has 4 rings (SSSR count). The average Bonchev–Trinajstić information content (AvgIpc) is 3.28. The molecule has 114 valence electrons. The van der Waals surface area contributed by atoms with Crippen LogP contribution in [-0.2, 0) is 0 Å². The molecule has 4 nitrogen and oxygen atoms in total. The van der Waals surface area contributed by atoms with E-state index in [2.05, 4.69) is 18.1 Å². The van der Waals surface area contributed by atoms with Crippen molar-refractivity contribution < 1.29 is 9.32 Å². The lowest BCUT2D eigenvalue weighted by Gasteiger charge is -2.21. The zero-order valence-corrected chi connectivity index (χ0v) is 13.3. The van der Waals surface area contributed by atoms with Gasteiger partial charge in [0.05, 0.1) is 5.69 Å². The van der Waals surface area contributed by atoms with Gasteiger partial charge in [-0.15, -0.1) is 11.8 Å². The van der Waals surface area contributed by atoms with Gasteiger partial charge in [0.15, 0.2) is 5.69 Å². The van der Waals surface area contributed by atoms with Crippen LogP contribution in [-0.4, -0.2) is 22.9 Å². The number of hydrogen-bond acceptors (Lipinski definition) is 4. The van der Waals surface area contributed by atoms with Gasteiger partial charge in [0.2, 0.25) is 0 Å². The first-order valence-electron chi connectivity index (χ1n) is 7.76. The Hall–Kier alpha value is -1.75. The Morgan fingerprint density at radius 1 is 1.32 bits per heavy atom. The zero-order chi connectivity index (χ0) is 15.1. The van der Waals surface area contributed by atoms with Crippen LogP contribution >= 0.6 is 11.8 Å². The molecule has 1 unspecified atom stereocenters. The SMILES string of the molecule is CC1CCN(C(=O)c2cc(C3CC3)on2)c2ccccc2S1. The molecular formula is C17H18N2O2S. The van der Waals surface area contributed by atoms with E-state index >= 15 is 0 Å². The number of carbonyl (C=O) groups excluding carboxylic acids is 1. The highest BCUT2D eigenvalue weighted by Gasteiger charge is 2.31. The van der Waals surface area contributed by atoms with Gasteiger partial charge in [-0.3, -0.25) is 4.79 Å². The number of benzene rings is 1. The Morgan fingerprint density at radius 2 is 2.14 bits per heavy atom. The Balaban J connectivity index is 1.66. The molecule has 2 aromatic rings. The van der Waals surface area contributed by atoms with Crippen molar-refractivity contribution in [3.8, 4) is 0 Å². The first-order chi connectivity index (χ1) is 10.7. The Kier molecular flexibility index (Phi) is 3.45. The summed E-state index contributed by atoms with van der Waals surface area (Å²) in [6, 6.07) is 9.92. The maximum Gasteiger partial charge on any atom is 0.280 e. The molecule has 1 saturated carbocycles. The molecule has 2 aliphatic rings. The van der Waals surface area contributed by atoms with Crippen LogP contribution in [0, 0.1) is 0 Å². The summed E-state index contributed by atoms with van der Waals surface area (Å²) in [5.41, 5.74) is 1.41. The van der Waals surface area contributed by atoms with Crippen LogP contribution in [0.15, 0.2) is 39.8 Å². The van der Waals surface area contributed by atoms with Crippen LogP contribution in [0.25, 0.3) is 0 Å². The highest BCUT2D eigenvalue weighted by molar-refractivity contribution is 8.00. The van der Waals surface area contributed by atoms with Crippen molar-refractivity contribution in [1.82, 2.24) is 5.16 Å². The summed E-state index contributed by atoms with van der Waals surface area (Å²) in [6.45, 7) is 2.92. The Bertz CT molecular complexity index is 708. The fourth-order valence-corrected chi connectivity index (χ4v) is 3.90. The lowest BCUT2D eigenvalue weighted by molar-refractivity contribution is 0.0977. The second kappa shape index (κ2) is 5.47. The highest BCUT2D eigenvalue weighted by atomic mass is 32.2. The van der Waals surface area contributed by atoms with Gasteiger partial charge in [-0.2, -0.15) is 0 Å². The number of anilines is 1. The van der Waals surface area contributed by atoms with Gasteiger partial charge < -0.3 is 9.42 Å². The summed E-state index contributed by atoms with van der Waals surface area (Å²) in [5.74, 6) is 1.27. The fourth-order valence-electron chi connectivity index (χ4n) is 2.79. The van der Waals surface area contributed by atoms with Crippen molar-refractivity contribution in [3.05, 3.63) is 41.8 Å². The van der Waals surface area contributed by atoms with Gasteiger partial charge in [-0.05, 0) is 31.4 Å². The predicted molar refractivity (Wildman–Crippen MR) is 86.5 cm³/mol. The van der Waals surface area contributed by atoms with E-state index in [-0.39, 0.29) is 5.91 Å². The van der Waals surface area contributed by atoms with Crippen LogP contribution in [0.5, 0.6) is 0 Å². The van der Waals surface area contributed by atoms with Crippen molar-refractivity contribution in [3.63, 3.8) is 0 Å². The molecule has 1 aliphatic carbocycles. The van der Waals surface area contributed by atoms with E-state index in [9.17, 15) is 4.79 Å². The first-order valence-corrected chi connectivity index (χ1v) is 8.64. The molecule has 1 aromatic heterocycles. The van der Waals surface area contributed by atoms with E-state index in [1.807, 2.05) is 40.9 Å². The van der Waals surface area contributed by atoms with E-state index in [1.54, 1.807) is 0 Å². The molecule has 1 amide bonds. The Labute approximate surface area is 133 Å². The van der Waals surface area contributed by atoms with Crippen molar-refractivity contribution in [1.29, 1.82) is 0 Å². The van der Waals surface area contributed by atoms with Gasteiger partial charge in [0.25, 0.3) is 5.91 Å². The molecule has 0 spiro atoms. The summed E-state index contributed by atoms with van der Waals surface area (Å²) in [5, 5.41) is 4.50. The Morgan fingerprint density at radius 3 is 2.95 bits per heavy atom. The summed E-state index contributed by atoms with van der Waals surface area (Å²) >= 11 is 1.83. The fraction of sp³-hybridized carbons (Fsp3) is 0.412. The summed E-state index contributed by atoms with van der Waals surface area (Å²) in [4.78, 5) is 15.9. The largest absolute Gasteiger partial charge is 0.360 e. The van der Waals surface area contributed by atoms with E-state index in [0.29, 0.717) is 16.9 Å². The number of carbonyl (C=O) groups is 1. The molecule has 0 bridgehead atoms. The van der Waals surface area contributed by atoms with Gasteiger partial charge in [0, 0.05) is 28.7 Å². The minimum Gasteiger partial charge on any atom is -0.360 e. The number of rotatable bonds is 2. The smallest absolute Gasteiger partial charge is 0.280 e. The maximum atomic E-state index is 12.9. The average molecular weight is 314 g/mol. The molecule has 0 N–H and O–H groups in total. The third kappa shape index (κ3) is 2.54. The van der Waals surface area contributed by atoms with Gasteiger partial charge in [-0.1, -0.05) is 24.2 Å². The first kappa shape index (κ1) is 13.9. The maximum absolute atomic E-state index is 12.9. The summed E-state index contributed by atoms with van der Waals surface area (Å²) < 4.78 is 5.34. The van der Waals surface area contributed by atoms with Crippen LogP contribution in [0.3, 0.4) is 0 Å². The second-order valence-electron chi connectivity index (χ2n) is 6.03. The van der Waals surface area contributed by atoms with E-state index in [4.69, 9.17) is 4.52 Å². The topological polar surface area (TPSA) is 46.3 Å². The number of nitrogens with zero attached hydrogens (tertiary/aromatic N) is 2. The van der Waals surface area contributed by atoms with E-state index in [1.165, 1.54) is 0 Å². The predicted octanol–water partition coefficient (Wildman–Crippen LogP) is 4.08. The molecule has 1 fully saturated rings. The minimum atomic E-state index is -0.0576.